The Labute approximate surface area is 395 Å². The van der Waals surface area contributed by atoms with E-state index in [2.05, 4.69) is 9.64 Å². The van der Waals surface area contributed by atoms with Crippen LogP contribution in [-0.4, -0.2) is 66.7 Å². The molecule has 11 heteroatoms. The summed E-state index contributed by atoms with van der Waals surface area (Å²) in [6.07, 6.45) is 22.3. The SMILES string of the molecule is CCOC(=O)CN.O=C(O)CCC1CCN(Cc2cccc(-c3ccc(OC4CCC5(CCC5)CC4)cc3)c2F)CC1.O=Cc1cccc(-c2ccc(OC3CCC4(CCC4)CC3)cc2)c1F. The second-order valence-corrected chi connectivity index (χ2v) is 19.7. The number of rotatable bonds is 14. The first kappa shape index (κ1) is 49.8. The number of hydrogen-bond acceptors (Lipinski definition) is 8. The molecule has 0 bridgehead atoms. The summed E-state index contributed by atoms with van der Waals surface area (Å²) in [6, 6.07) is 26.0. The molecule has 0 aromatic heterocycles. The molecule has 0 amide bonds. The number of benzene rings is 4. The molecule has 360 valence electrons. The summed E-state index contributed by atoms with van der Waals surface area (Å²) < 4.78 is 46.6. The minimum absolute atomic E-state index is 0.0200. The Morgan fingerprint density at radius 3 is 1.61 bits per heavy atom. The van der Waals surface area contributed by atoms with Crippen LogP contribution in [0.5, 0.6) is 11.5 Å². The highest BCUT2D eigenvalue weighted by atomic mass is 19.1. The first-order valence-corrected chi connectivity index (χ1v) is 24.8. The van der Waals surface area contributed by atoms with Gasteiger partial charge in [0.15, 0.2) is 6.29 Å². The van der Waals surface area contributed by atoms with Crippen LogP contribution >= 0.6 is 0 Å². The fourth-order valence-corrected chi connectivity index (χ4v) is 10.8. The van der Waals surface area contributed by atoms with Crippen molar-refractivity contribution in [1.82, 2.24) is 4.90 Å². The second-order valence-electron chi connectivity index (χ2n) is 19.7. The maximum atomic E-state index is 15.5. The molecule has 5 aliphatic rings. The highest BCUT2D eigenvalue weighted by Gasteiger charge is 2.41. The molecule has 5 fully saturated rings. The summed E-state index contributed by atoms with van der Waals surface area (Å²) in [6.45, 7) is 4.51. The van der Waals surface area contributed by atoms with Gasteiger partial charge in [0.25, 0.3) is 0 Å². The van der Waals surface area contributed by atoms with Crippen LogP contribution in [0.1, 0.15) is 138 Å². The van der Waals surface area contributed by atoms with Crippen molar-refractivity contribution in [2.75, 3.05) is 26.2 Å². The number of carboxylic acid groups (broad SMARTS) is 1. The molecular weight excluding hydrogens is 851 g/mol. The standard InChI is InChI=1S/C30H38FNO3.C22H23FO2.C4H9NO2/c31-29-24(21-32-19-13-22(14-20-32)5-10-28(33)34)3-1-4-27(29)23-6-8-25(9-7-23)35-26-11-17-30(18-12-26)15-2-16-30;23-21-17(15-24)3-1-4-20(21)16-5-7-18(8-6-16)25-19-9-13-22(14-10-19)11-2-12-22;1-2-7-4(6)3-5/h1,3-4,6-9,22,26H,2,5,10-21H2,(H,33,34);1,3-8,15,19H,2,9-14H2;2-3,5H2,1H3. The number of hydrogen-bond donors (Lipinski definition) is 2. The zero-order valence-electron chi connectivity index (χ0n) is 39.3. The fourth-order valence-electron chi connectivity index (χ4n) is 10.8. The van der Waals surface area contributed by atoms with Crippen molar-refractivity contribution in [3.8, 4) is 33.8 Å². The van der Waals surface area contributed by atoms with Crippen LogP contribution in [0.15, 0.2) is 84.9 Å². The predicted octanol–water partition coefficient (Wildman–Crippen LogP) is 12.4. The Kier molecular flexibility index (Phi) is 17.6. The van der Waals surface area contributed by atoms with E-state index >= 15 is 4.39 Å². The van der Waals surface area contributed by atoms with Crippen LogP contribution in [0.25, 0.3) is 22.3 Å². The van der Waals surface area contributed by atoms with Crippen LogP contribution in [0.3, 0.4) is 0 Å². The van der Waals surface area contributed by atoms with Gasteiger partial charge in [0, 0.05) is 29.7 Å². The molecule has 4 aromatic rings. The molecule has 9 nitrogen and oxygen atoms in total. The van der Waals surface area contributed by atoms with Crippen molar-refractivity contribution in [3.63, 3.8) is 0 Å². The van der Waals surface area contributed by atoms with E-state index in [1.54, 1.807) is 19.1 Å². The fraction of sp³-hybridized carbons (Fsp3) is 0.518. The van der Waals surface area contributed by atoms with Gasteiger partial charge in [0.2, 0.25) is 0 Å². The number of nitrogens with two attached hydrogens (primary N) is 1. The smallest absolute Gasteiger partial charge is 0.319 e. The average molecular weight is 921 g/mol. The number of piperidine rings is 1. The Balaban J connectivity index is 0.000000181. The lowest BCUT2D eigenvalue weighted by atomic mass is 9.60. The number of halogens is 2. The van der Waals surface area contributed by atoms with Crippen LogP contribution < -0.4 is 15.2 Å². The van der Waals surface area contributed by atoms with Crippen molar-refractivity contribution < 1.29 is 42.5 Å². The van der Waals surface area contributed by atoms with E-state index in [9.17, 15) is 18.8 Å². The number of esters is 1. The van der Waals surface area contributed by atoms with Crippen molar-refractivity contribution in [1.29, 1.82) is 0 Å². The molecule has 1 aliphatic heterocycles. The van der Waals surface area contributed by atoms with Gasteiger partial charge in [-0.05, 0) is 175 Å². The molecule has 4 saturated carbocycles. The van der Waals surface area contributed by atoms with Crippen LogP contribution in [0, 0.1) is 28.4 Å². The molecule has 4 aliphatic carbocycles. The lowest BCUT2D eigenvalue weighted by Gasteiger charge is -2.46. The molecule has 0 atom stereocenters. The van der Waals surface area contributed by atoms with Gasteiger partial charge in [-0.1, -0.05) is 67.4 Å². The molecule has 9 rings (SSSR count). The Morgan fingerprint density at radius 1 is 0.701 bits per heavy atom. The minimum Gasteiger partial charge on any atom is -0.490 e. The average Bonchev–Trinajstić information content (AvgIpc) is 3.33. The van der Waals surface area contributed by atoms with Gasteiger partial charge in [-0.25, -0.2) is 8.78 Å². The summed E-state index contributed by atoms with van der Waals surface area (Å²) in [5, 5.41) is 8.90. The molecule has 0 radical (unpaired) electrons. The molecule has 4 aromatic carbocycles. The van der Waals surface area contributed by atoms with Crippen LogP contribution in [0.2, 0.25) is 0 Å². The maximum absolute atomic E-state index is 15.5. The quantitative estimate of drug-likeness (QED) is 0.0938. The number of ether oxygens (including phenoxy) is 3. The van der Waals surface area contributed by atoms with Crippen molar-refractivity contribution in [2.45, 2.75) is 141 Å². The zero-order valence-corrected chi connectivity index (χ0v) is 39.3. The second kappa shape index (κ2) is 23.7. The molecule has 1 heterocycles. The van der Waals surface area contributed by atoms with Crippen molar-refractivity contribution >= 4 is 18.2 Å². The third-order valence-electron chi connectivity index (χ3n) is 15.3. The maximum Gasteiger partial charge on any atom is 0.319 e. The molecule has 1 saturated heterocycles. The molecule has 0 unspecified atom stereocenters. The predicted molar refractivity (Wildman–Crippen MR) is 258 cm³/mol. The largest absolute Gasteiger partial charge is 0.490 e. The highest BCUT2D eigenvalue weighted by molar-refractivity contribution is 5.79. The van der Waals surface area contributed by atoms with Gasteiger partial charge >= 0.3 is 11.9 Å². The lowest BCUT2D eigenvalue weighted by Crippen LogP contribution is -2.37. The number of carbonyl (C=O) groups is 3. The third-order valence-corrected chi connectivity index (χ3v) is 15.3. The number of carboxylic acids is 1. The number of aldehydes is 1. The number of aliphatic carboxylic acids is 1. The summed E-state index contributed by atoms with van der Waals surface area (Å²) in [5.74, 6) is 0.504. The molecule has 67 heavy (non-hydrogen) atoms. The van der Waals surface area contributed by atoms with Crippen LogP contribution in [-0.2, 0) is 20.9 Å². The zero-order chi connectivity index (χ0) is 47.2. The summed E-state index contributed by atoms with van der Waals surface area (Å²) in [5.41, 5.74) is 9.69. The monoisotopic (exact) mass is 921 g/mol. The highest BCUT2D eigenvalue weighted by Crippen LogP contribution is 2.53. The van der Waals surface area contributed by atoms with Crippen LogP contribution in [0.4, 0.5) is 8.78 Å². The molecular formula is C56H70F2N2O7. The number of nitrogens with zero attached hydrogens (tertiary/aromatic N) is 1. The summed E-state index contributed by atoms with van der Waals surface area (Å²) in [7, 11) is 0. The summed E-state index contributed by atoms with van der Waals surface area (Å²) >= 11 is 0. The van der Waals surface area contributed by atoms with E-state index in [0.29, 0.717) is 59.5 Å². The lowest BCUT2D eigenvalue weighted by molar-refractivity contribution is -0.141. The van der Waals surface area contributed by atoms with Gasteiger partial charge in [-0.3, -0.25) is 19.3 Å². The van der Waals surface area contributed by atoms with Gasteiger partial charge < -0.3 is 25.1 Å². The van der Waals surface area contributed by atoms with Gasteiger partial charge in [0.1, 0.15) is 23.1 Å². The first-order chi connectivity index (χ1) is 32.5. The minimum atomic E-state index is -0.721. The van der Waals surface area contributed by atoms with Gasteiger partial charge in [-0.2, -0.15) is 0 Å². The van der Waals surface area contributed by atoms with E-state index < -0.39 is 11.8 Å². The van der Waals surface area contributed by atoms with E-state index in [4.69, 9.17) is 20.3 Å². The van der Waals surface area contributed by atoms with Gasteiger partial charge in [-0.15, -0.1) is 0 Å². The Morgan fingerprint density at radius 2 is 1.19 bits per heavy atom. The normalized spacial score (nSPS) is 19.9. The Hall–Kier alpha value is -5.13. The summed E-state index contributed by atoms with van der Waals surface area (Å²) in [4.78, 5) is 34.1. The first-order valence-electron chi connectivity index (χ1n) is 24.8. The van der Waals surface area contributed by atoms with E-state index in [-0.39, 0.29) is 30.3 Å². The van der Waals surface area contributed by atoms with E-state index in [1.165, 1.54) is 70.3 Å². The topological polar surface area (TPSA) is 128 Å². The van der Waals surface area contributed by atoms with Crippen molar-refractivity contribution in [3.05, 3.63) is 108 Å². The van der Waals surface area contributed by atoms with E-state index in [1.807, 2.05) is 66.7 Å². The third kappa shape index (κ3) is 13.5. The van der Waals surface area contributed by atoms with E-state index in [0.717, 1.165) is 86.2 Å². The molecule has 3 N–H and O–H groups in total. The molecule has 2 spiro atoms. The van der Waals surface area contributed by atoms with Crippen molar-refractivity contribution in [2.24, 2.45) is 22.5 Å². The Bertz CT molecular complexity index is 2210. The number of likely N-dealkylation sites (tertiary alicyclic amines) is 1. The van der Waals surface area contributed by atoms with Gasteiger partial charge in [0.05, 0.1) is 30.9 Å². The number of carbonyl (C=O) groups excluding carboxylic acids is 2.